The summed E-state index contributed by atoms with van der Waals surface area (Å²) in [5.41, 5.74) is 2.19. The number of nitrogens with one attached hydrogen (secondary N) is 1. The first-order valence-corrected chi connectivity index (χ1v) is 9.50. The summed E-state index contributed by atoms with van der Waals surface area (Å²) in [6.07, 6.45) is 3.60. The van der Waals surface area contributed by atoms with E-state index in [0.29, 0.717) is 17.5 Å². The van der Waals surface area contributed by atoms with E-state index >= 15 is 0 Å². The van der Waals surface area contributed by atoms with E-state index in [9.17, 15) is 9.59 Å². The highest BCUT2D eigenvalue weighted by Crippen LogP contribution is 2.38. The second kappa shape index (κ2) is 6.96. The van der Waals surface area contributed by atoms with Gasteiger partial charge in [-0.05, 0) is 43.7 Å². The van der Waals surface area contributed by atoms with Gasteiger partial charge in [-0.3, -0.25) is 14.0 Å². The van der Waals surface area contributed by atoms with Gasteiger partial charge in [0.25, 0.3) is 5.91 Å². The number of carbonyl (C=O) groups excluding carboxylic acids is 2. The van der Waals surface area contributed by atoms with Crippen molar-refractivity contribution in [3.05, 3.63) is 35.8 Å². The lowest BCUT2D eigenvalue weighted by Crippen LogP contribution is -2.49. The van der Waals surface area contributed by atoms with Gasteiger partial charge in [-0.15, -0.1) is 0 Å². The molecule has 1 N–H and O–H groups in total. The number of ether oxygens (including phenoxy) is 1. The molecule has 2 fully saturated rings. The Bertz CT molecular complexity index is 877. The van der Waals surface area contributed by atoms with Gasteiger partial charge in [-0.1, -0.05) is 6.07 Å². The first-order valence-electron chi connectivity index (χ1n) is 9.50. The standard InChI is InChI=1S/C20H26N4O3/c1-12-19(24-7-5-4-6-18(24)21-12)20(26)23-10-14-8-16(22-13(2)25)17(27-3)9-15(14)11-23/h4-7,14-17H,8-11H2,1-3H3,(H,22,25)/t14-,15+,16-,17-/m1/s1. The van der Waals surface area contributed by atoms with E-state index in [1.165, 1.54) is 6.92 Å². The molecule has 3 heterocycles. The second-order valence-electron chi connectivity index (χ2n) is 7.76. The average molecular weight is 370 g/mol. The maximum absolute atomic E-state index is 13.3. The van der Waals surface area contributed by atoms with Gasteiger partial charge >= 0.3 is 0 Å². The minimum atomic E-state index is -0.0345. The van der Waals surface area contributed by atoms with E-state index in [-0.39, 0.29) is 24.0 Å². The summed E-state index contributed by atoms with van der Waals surface area (Å²) in [7, 11) is 1.69. The molecule has 4 rings (SSSR count). The zero-order valence-corrected chi connectivity index (χ0v) is 16.0. The fourth-order valence-electron chi connectivity index (χ4n) is 4.77. The minimum absolute atomic E-state index is 0.00253. The third-order valence-corrected chi connectivity index (χ3v) is 6.00. The monoisotopic (exact) mass is 370 g/mol. The Morgan fingerprint density at radius 3 is 2.67 bits per heavy atom. The number of likely N-dealkylation sites (tertiary alicyclic amines) is 1. The normalized spacial score (nSPS) is 27.6. The van der Waals surface area contributed by atoms with E-state index in [4.69, 9.17) is 4.74 Å². The molecule has 1 aliphatic carbocycles. The molecule has 4 atom stereocenters. The molecule has 2 aromatic heterocycles. The number of hydrogen-bond acceptors (Lipinski definition) is 4. The number of pyridine rings is 1. The summed E-state index contributed by atoms with van der Waals surface area (Å²) >= 11 is 0. The van der Waals surface area contributed by atoms with Gasteiger partial charge in [-0.25, -0.2) is 4.98 Å². The van der Waals surface area contributed by atoms with Crippen LogP contribution in [0.25, 0.3) is 5.65 Å². The van der Waals surface area contributed by atoms with E-state index < -0.39 is 0 Å². The zero-order valence-electron chi connectivity index (χ0n) is 16.0. The van der Waals surface area contributed by atoms with Crippen molar-refractivity contribution in [1.82, 2.24) is 19.6 Å². The number of aromatic nitrogens is 2. The molecule has 144 valence electrons. The third-order valence-electron chi connectivity index (χ3n) is 6.00. The van der Waals surface area contributed by atoms with Crippen LogP contribution in [0.1, 0.15) is 35.9 Å². The number of hydrogen-bond donors (Lipinski definition) is 1. The molecule has 7 heteroatoms. The first kappa shape index (κ1) is 18.0. The van der Waals surface area contributed by atoms with Gasteiger partial charge in [0.15, 0.2) is 0 Å². The first-order chi connectivity index (χ1) is 13.0. The summed E-state index contributed by atoms with van der Waals surface area (Å²) in [5.74, 6) is 0.790. The molecule has 0 unspecified atom stereocenters. The van der Waals surface area contributed by atoms with Crippen molar-refractivity contribution in [2.24, 2.45) is 11.8 Å². The van der Waals surface area contributed by atoms with Crippen molar-refractivity contribution in [2.45, 2.75) is 38.8 Å². The lowest BCUT2D eigenvalue weighted by Gasteiger charge is -2.37. The Morgan fingerprint density at radius 2 is 1.96 bits per heavy atom. The highest BCUT2D eigenvalue weighted by molar-refractivity contribution is 5.95. The number of nitrogens with zero attached hydrogens (tertiary/aromatic N) is 3. The number of imidazole rings is 1. The molecule has 1 saturated heterocycles. The lowest BCUT2D eigenvalue weighted by molar-refractivity contribution is -0.121. The van der Waals surface area contributed by atoms with Crippen molar-refractivity contribution < 1.29 is 14.3 Å². The van der Waals surface area contributed by atoms with Crippen LogP contribution in [0.4, 0.5) is 0 Å². The van der Waals surface area contributed by atoms with Gasteiger partial charge in [-0.2, -0.15) is 0 Å². The van der Waals surface area contributed by atoms with Crippen LogP contribution in [0.5, 0.6) is 0 Å². The molecule has 0 spiro atoms. The van der Waals surface area contributed by atoms with E-state index in [1.54, 1.807) is 7.11 Å². The highest BCUT2D eigenvalue weighted by atomic mass is 16.5. The fraction of sp³-hybridized carbons (Fsp3) is 0.550. The number of aryl methyl sites for hydroxylation is 1. The molecule has 27 heavy (non-hydrogen) atoms. The van der Waals surface area contributed by atoms with Gasteiger partial charge in [0.05, 0.1) is 17.8 Å². The van der Waals surface area contributed by atoms with Crippen molar-refractivity contribution in [3.8, 4) is 0 Å². The van der Waals surface area contributed by atoms with Crippen LogP contribution in [0, 0.1) is 18.8 Å². The molecule has 1 aliphatic heterocycles. The topological polar surface area (TPSA) is 75.9 Å². The summed E-state index contributed by atoms with van der Waals surface area (Å²) in [4.78, 5) is 31.2. The number of rotatable bonds is 3. The van der Waals surface area contributed by atoms with E-state index in [1.807, 2.05) is 40.6 Å². The smallest absolute Gasteiger partial charge is 0.272 e. The van der Waals surface area contributed by atoms with Crippen molar-refractivity contribution in [1.29, 1.82) is 0 Å². The zero-order chi connectivity index (χ0) is 19.1. The maximum Gasteiger partial charge on any atom is 0.272 e. The SMILES string of the molecule is CO[C@@H]1C[C@H]2CN(C(=O)c3c(C)nc4ccccn34)C[C@H]2C[C@H]1NC(C)=O. The molecular weight excluding hydrogens is 344 g/mol. The number of fused-ring (bicyclic) bond motifs is 2. The Labute approximate surface area is 158 Å². The fourth-order valence-corrected chi connectivity index (χ4v) is 4.77. The van der Waals surface area contributed by atoms with Crippen LogP contribution in [-0.4, -0.2) is 58.4 Å². The van der Waals surface area contributed by atoms with E-state index in [0.717, 1.165) is 37.3 Å². The van der Waals surface area contributed by atoms with Crippen LogP contribution in [0.3, 0.4) is 0 Å². The predicted octanol–water partition coefficient (Wildman–Crippen LogP) is 1.64. The Morgan fingerprint density at radius 1 is 1.22 bits per heavy atom. The molecule has 0 bridgehead atoms. The van der Waals surface area contributed by atoms with Gasteiger partial charge < -0.3 is 15.0 Å². The van der Waals surface area contributed by atoms with Gasteiger partial charge in [0.2, 0.25) is 5.91 Å². The molecule has 1 saturated carbocycles. The molecule has 0 aromatic carbocycles. The largest absolute Gasteiger partial charge is 0.379 e. The quantitative estimate of drug-likeness (QED) is 0.891. The summed E-state index contributed by atoms with van der Waals surface area (Å²) in [6.45, 7) is 4.87. The molecular formula is C20H26N4O3. The number of methoxy groups -OCH3 is 1. The summed E-state index contributed by atoms with van der Waals surface area (Å²) in [6, 6.07) is 5.76. The average Bonchev–Trinajstić information content (AvgIpc) is 3.19. The van der Waals surface area contributed by atoms with Crippen LogP contribution < -0.4 is 5.32 Å². The van der Waals surface area contributed by atoms with E-state index in [2.05, 4.69) is 10.3 Å². The minimum Gasteiger partial charge on any atom is -0.379 e. The van der Waals surface area contributed by atoms with Crippen LogP contribution in [0.2, 0.25) is 0 Å². The molecule has 0 radical (unpaired) electrons. The lowest BCUT2D eigenvalue weighted by atomic mass is 9.77. The summed E-state index contributed by atoms with van der Waals surface area (Å²) in [5, 5.41) is 3.02. The third kappa shape index (κ3) is 3.20. The van der Waals surface area contributed by atoms with Crippen molar-refractivity contribution in [2.75, 3.05) is 20.2 Å². The highest BCUT2D eigenvalue weighted by Gasteiger charge is 2.44. The number of carbonyl (C=O) groups is 2. The Kier molecular flexibility index (Phi) is 4.63. The van der Waals surface area contributed by atoms with Crippen molar-refractivity contribution in [3.63, 3.8) is 0 Å². The molecule has 2 aliphatic rings. The maximum atomic E-state index is 13.3. The van der Waals surface area contributed by atoms with Crippen LogP contribution in [-0.2, 0) is 9.53 Å². The van der Waals surface area contributed by atoms with Crippen LogP contribution in [0.15, 0.2) is 24.4 Å². The summed E-state index contributed by atoms with van der Waals surface area (Å²) < 4.78 is 7.50. The molecule has 2 aromatic rings. The second-order valence-corrected chi connectivity index (χ2v) is 7.76. The predicted molar refractivity (Wildman–Crippen MR) is 100 cm³/mol. The molecule has 2 amide bonds. The van der Waals surface area contributed by atoms with Gasteiger partial charge in [0, 0.05) is 33.3 Å². The molecule has 7 nitrogen and oxygen atoms in total. The Balaban J connectivity index is 1.54. The van der Waals surface area contributed by atoms with Crippen molar-refractivity contribution >= 4 is 17.5 Å². The van der Waals surface area contributed by atoms with Crippen LogP contribution >= 0.6 is 0 Å². The Hall–Kier alpha value is -2.41. The van der Waals surface area contributed by atoms with Gasteiger partial charge in [0.1, 0.15) is 11.3 Å². The number of amides is 2.